The van der Waals surface area contributed by atoms with Crippen LogP contribution >= 0.6 is 0 Å². The molecule has 0 unspecified atom stereocenters. The van der Waals surface area contributed by atoms with Gasteiger partial charge in [0.2, 0.25) is 0 Å². The highest BCUT2D eigenvalue weighted by molar-refractivity contribution is 6.99. The molecule has 8 heteroatoms. The van der Waals surface area contributed by atoms with Gasteiger partial charge in [-0.1, -0.05) is 131 Å². The molecule has 4 rings (SSSR count). The van der Waals surface area contributed by atoms with Crippen molar-refractivity contribution in [2.75, 3.05) is 27.1 Å². The maximum absolute atomic E-state index is 13.4. The topological polar surface area (TPSA) is 83.1 Å². The molecule has 1 saturated carbocycles. The summed E-state index contributed by atoms with van der Waals surface area (Å²) in [4.78, 5) is 26.1. The Morgan fingerprint density at radius 3 is 2.16 bits per heavy atom. The van der Waals surface area contributed by atoms with Gasteiger partial charge in [0.25, 0.3) is 8.32 Å². The van der Waals surface area contributed by atoms with Gasteiger partial charge in [-0.05, 0) is 71.0 Å². The standard InChI is InChI=1S/C42H57NO6Si/c1-34(27-31-49-50(41(2,3)4,37-22-11-7-12-23-37)38-24-13-8-14-25-38)39-26-16-29-42(39,28-15-20-36(44)21-17-30-47-33-46-5)43-40(45)48-32-35-18-9-6-10-19-35/h6-15,18-20,22-25,34,39H,16-17,21,26-33H2,1-5H3,(H,43,45)/b20-15+/t34-,39+,42+/m0/s1. The van der Waals surface area contributed by atoms with Gasteiger partial charge < -0.3 is 24.0 Å². The van der Waals surface area contributed by atoms with Crippen LogP contribution in [0.25, 0.3) is 0 Å². The van der Waals surface area contributed by atoms with E-state index in [2.05, 4.69) is 93.7 Å². The number of allylic oxidation sites excluding steroid dienone is 1. The third kappa shape index (κ3) is 10.5. The van der Waals surface area contributed by atoms with E-state index in [0.29, 0.717) is 32.5 Å². The maximum Gasteiger partial charge on any atom is 0.407 e. The molecule has 1 N–H and O–H groups in total. The Hall–Kier alpha value is -3.56. The molecule has 0 bridgehead atoms. The summed E-state index contributed by atoms with van der Waals surface area (Å²) in [6.07, 6.45) is 8.42. The zero-order valence-electron chi connectivity index (χ0n) is 30.7. The van der Waals surface area contributed by atoms with Gasteiger partial charge in [0.15, 0.2) is 5.78 Å². The highest BCUT2D eigenvalue weighted by atomic mass is 28.4. The van der Waals surface area contributed by atoms with Crippen molar-refractivity contribution >= 4 is 30.6 Å². The molecule has 7 nitrogen and oxygen atoms in total. The Morgan fingerprint density at radius 1 is 0.940 bits per heavy atom. The van der Waals surface area contributed by atoms with E-state index < -0.39 is 19.9 Å². The molecule has 1 aliphatic carbocycles. The summed E-state index contributed by atoms with van der Waals surface area (Å²) in [6.45, 7) is 10.7. The van der Waals surface area contributed by atoms with Crippen molar-refractivity contribution in [3.05, 3.63) is 109 Å². The van der Waals surface area contributed by atoms with Gasteiger partial charge in [0.1, 0.15) is 13.4 Å². The molecule has 3 atom stereocenters. The number of rotatable bonds is 19. The van der Waals surface area contributed by atoms with Crippen molar-refractivity contribution in [2.24, 2.45) is 11.8 Å². The first kappa shape index (κ1) is 39.2. The van der Waals surface area contributed by atoms with Gasteiger partial charge in [-0.25, -0.2) is 4.79 Å². The quantitative estimate of drug-likeness (QED) is 0.0592. The minimum absolute atomic E-state index is 0.0501. The van der Waals surface area contributed by atoms with Crippen LogP contribution in [0.3, 0.4) is 0 Å². The van der Waals surface area contributed by atoms with Crippen LogP contribution in [0.15, 0.2) is 103 Å². The molecule has 3 aromatic rings. The molecule has 0 spiro atoms. The van der Waals surface area contributed by atoms with Crippen molar-refractivity contribution in [1.82, 2.24) is 5.32 Å². The smallest absolute Gasteiger partial charge is 0.407 e. The van der Waals surface area contributed by atoms with Crippen molar-refractivity contribution < 1.29 is 28.2 Å². The van der Waals surface area contributed by atoms with E-state index in [0.717, 1.165) is 31.2 Å². The first-order chi connectivity index (χ1) is 24.1. The number of benzene rings is 3. The molecule has 0 aromatic heterocycles. The molecule has 0 aliphatic heterocycles. The summed E-state index contributed by atoms with van der Waals surface area (Å²) in [5.41, 5.74) is 0.414. The number of alkyl carbamates (subject to hydrolysis) is 1. The second-order valence-electron chi connectivity index (χ2n) is 14.6. The fourth-order valence-corrected chi connectivity index (χ4v) is 12.3. The lowest BCUT2D eigenvalue weighted by Crippen LogP contribution is -2.66. The minimum Gasteiger partial charge on any atom is -0.445 e. The van der Waals surface area contributed by atoms with Crippen LogP contribution in [0.5, 0.6) is 0 Å². The Labute approximate surface area is 300 Å². The maximum atomic E-state index is 13.4. The largest absolute Gasteiger partial charge is 0.445 e. The summed E-state index contributed by atoms with van der Waals surface area (Å²) in [6, 6.07) is 31.2. The predicted octanol–water partition coefficient (Wildman–Crippen LogP) is 7.97. The minimum atomic E-state index is -2.67. The summed E-state index contributed by atoms with van der Waals surface area (Å²) in [5, 5.41) is 5.76. The normalized spacial score (nSPS) is 18.6. The van der Waals surface area contributed by atoms with Gasteiger partial charge >= 0.3 is 6.09 Å². The lowest BCUT2D eigenvalue weighted by molar-refractivity contribution is -0.115. The fourth-order valence-electron chi connectivity index (χ4n) is 7.69. The predicted molar refractivity (Wildman–Crippen MR) is 203 cm³/mol. The number of amides is 1. The molecule has 1 amide bonds. The second-order valence-corrected chi connectivity index (χ2v) is 18.9. The third-order valence-corrected chi connectivity index (χ3v) is 15.1. The molecule has 270 valence electrons. The zero-order valence-corrected chi connectivity index (χ0v) is 31.7. The molecular formula is C42H57NO6Si. The van der Waals surface area contributed by atoms with Crippen LogP contribution in [0.4, 0.5) is 4.79 Å². The van der Waals surface area contributed by atoms with E-state index >= 15 is 0 Å². The zero-order chi connectivity index (χ0) is 35.9. The highest BCUT2D eigenvalue weighted by Gasteiger charge is 2.51. The third-order valence-electron chi connectivity index (χ3n) is 10.1. The van der Waals surface area contributed by atoms with E-state index in [1.54, 1.807) is 13.2 Å². The van der Waals surface area contributed by atoms with Crippen molar-refractivity contribution in [1.29, 1.82) is 0 Å². The van der Waals surface area contributed by atoms with Crippen LogP contribution in [-0.4, -0.2) is 52.8 Å². The Morgan fingerprint density at radius 2 is 1.56 bits per heavy atom. The van der Waals surface area contributed by atoms with Gasteiger partial charge in [0.05, 0.1) is 0 Å². The van der Waals surface area contributed by atoms with Gasteiger partial charge in [-0.3, -0.25) is 4.79 Å². The number of carbonyl (C=O) groups excluding carboxylic acids is 2. The molecule has 3 aromatic carbocycles. The van der Waals surface area contributed by atoms with Crippen LogP contribution in [0, 0.1) is 11.8 Å². The SMILES string of the molecule is COCOCCCC(=O)/C=C/C[C@@]1(NC(=O)OCc2ccccc2)CCC[C@@H]1[C@@H](C)CCO[Si](c1ccccc1)(c1ccccc1)C(C)(C)C. The lowest BCUT2D eigenvalue weighted by Gasteiger charge is -2.44. The monoisotopic (exact) mass is 699 g/mol. The van der Waals surface area contributed by atoms with Crippen molar-refractivity contribution in [3.63, 3.8) is 0 Å². The molecule has 50 heavy (non-hydrogen) atoms. The molecule has 0 radical (unpaired) electrons. The Balaban J connectivity index is 1.51. The van der Waals surface area contributed by atoms with Crippen LogP contribution < -0.4 is 15.7 Å². The lowest BCUT2D eigenvalue weighted by atomic mass is 9.75. The number of ether oxygens (including phenoxy) is 3. The van der Waals surface area contributed by atoms with Crippen molar-refractivity contribution in [3.8, 4) is 0 Å². The number of nitrogens with one attached hydrogen (secondary N) is 1. The molecule has 0 saturated heterocycles. The number of hydrogen-bond donors (Lipinski definition) is 1. The second kappa shape index (κ2) is 19.2. The molecule has 0 heterocycles. The summed E-state index contributed by atoms with van der Waals surface area (Å²) < 4.78 is 23.2. The summed E-state index contributed by atoms with van der Waals surface area (Å²) in [5.74, 6) is 0.498. The summed E-state index contributed by atoms with van der Waals surface area (Å²) >= 11 is 0. The van der Waals surface area contributed by atoms with Gasteiger partial charge in [-0.2, -0.15) is 0 Å². The number of hydrogen-bond acceptors (Lipinski definition) is 6. The van der Waals surface area contributed by atoms with Gasteiger partial charge in [0, 0.05) is 32.3 Å². The molecule has 1 fully saturated rings. The van der Waals surface area contributed by atoms with Crippen LogP contribution in [0.2, 0.25) is 5.04 Å². The van der Waals surface area contributed by atoms with E-state index in [4.69, 9.17) is 18.6 Å². The van der Waals surface area contributed by atoms with E-state index in [9.17, 15) is 9.59 Å². The van der Waals surface area contributed by atoms with Crippen molar-refractivity contribution in [2.45, 2.75) is 89.8 Å². The molecular weight excluding hydrogens is 643 g/mol. The van der Waals surface area contributed by atoms with E-state index in [1.165, 1.54) is 10.4 Å². The van der Waals surface area contributed by atoms with Gasteiger partial charge in [-0.15, -0.1) is 0 Å². The number of methoxy groups -OCH3 is 1. The highest BCUT2D eigenvalue weighted by Crippen LogP contribution is 2.44. The average Bonchev–Trinajstić information content (AvgIpc) is 3.52. The Kier molecular flexibility index (Phi) is 15.0. The number of carbonyl (C=O) groups is 2. The van der Waals surface area contributed by atoms with E-state index in [-0.39, 0.29) is 36.1 Å². The first-order valence-electron chi connectivity index (χ1n) is 18.1. The number of ketones is 1. The fraction of sp³-hybridized carbons (Fsp3) is 0.476. The van der Waals surface area contributed by atoms with Crippen LogP contribution in [-0.2, 0) is 30.0 Å². The Bertz CT molecular complexity index is 1440. The average molecular weight is 700 g/mol. The van der Waals surface area contributed by atoms with E-state index in [1.807, 2.05) is 36.4 Å². The molecule has 1 aliphatic rings. The summed E-state index contributed by atoms with van der Waals surface area (Å²) in [7, 11) is -1.09. The first-order valence-corrected chi connectivity index (χ1v) is 20.0. The van der Waals surface area contributed by atoms with Crippen LogP contribution in [0.1, 0.15) is 78.2 Å².